The van der Waals surface area contributed by atoms with Crippen molar-refractivity contribution in [1.29, 1.82) is 0 Å². The Bertz CT molecular complexity index is 799. The van der Waals surface area contributed by atoms with Crippen molar-refractivity contribution < 1.29 is 17.7 Å². The van der Waals surface area contributed by atoms with E-state index in [1.54, 1.807) is 11.3 Å². The van der Waals surface area contributed by atoms with Crippen LogP contribution >= 0.6 is 11.3 Å². The molecule has 0 saturated carbocycles. The van der Waals surface area contributed by atoms with E-state index in [1.807, 2.05) is 17.5 Å². The van der Waals surface area contributed by atoms with Gasteiger partial charge in [0, 0.05) is 13.0 Å². The fraction of sp³-hybridized carbons (Fsp3) is 0.562. The Morgan fingerprint density at radius 1 is 1.36 bits per heavy atom. The number of rotatable bonds is 8. The summed E-state index contributed by atoms with van der Waals surface area (Å²) >= 11 is 1.57. The molecule has 0 aromatic carbocycles. The summed E-state index contributed by atoms with van der Waals surface area (Å²) in [7, 11) is -3.01. The van der Waals surface area contributed by atoms with Crippen LogP contribution in [0.25, 0.3) is 10.7 Å². The Morgan fingerprint density at radius 2 is 2.24 bits per heavy atom. The second-order valence-electron chi connectivity index (χ2n) is 6.19. The molecule has 1 amide bonds. The van der Waals surface area contributed by atoms with Crippen LogP contribution in [0.1, 0.15) is 31.6 Å². The molecule has 1 saturated heterocycles. The van der Waals surface area contributed by atoms with Gasteiger partial charge >= 0.3 is 0 Å². The molecule has 9 heteroatoms. The van der Waals surface area contributed by atoms with E-state index in [-0.39, 0.29) is 23.3 Å². The Balaban J connectivity index is 1.30. The quantitative estimate of drug-likeness (QED) is 0.700. The highest BCUT2D eigenvalue weighted by molar-refractivity contribution is 7.91. The first kappa shape index (κ1) is 18.1. The van der Waals surface area contributed by atoms with E-state index in [0.29, 0.717) is 31.1 Å². The molecule has 1 atom stereocenters. The highest BCUT2D eigenvalue weighted by Crippen LogP contribution is 2.21. The third kappa shape index (κ3) is 5.12. The second kappa shape index (κ2) is 8.09. The maximum Gasteiger partial charge on any atom is 0.226 e. The summed E-state index contributed by atoms with van der Waals surface area (Å²) < 4.78 is 28.0. The Kier molecular flexibility index (Phi) is 5.85. The first-order chi connectivity index (χ1) is 12.0. The fourth-order valence-corrected chi connectivity index (χ4v) is 5.19. The van der Waals surface area contributed by atoms with Gasteiger partial charge in [-0.1, -0.05) is 17.6 Å². The molecule has 136 valence electrons. The first-order valence-electron chi connectivity index (χ1n) is 8.38. The van der Waals surface area contributed by atoms with Crippen molar-refractivity contribution >= 4 is 27.1 Å². The zero-order valence-electron chi connectivity index (χ0n) is 13.8. The zero-order chi connectivity index (χ0) is 17.7. The van der Waals surface area contributed by atoms with E-state index in [4.69, 9.17) is 4.52 Å². The van der Waals surface area contributed by atoms with Crippen LogP contribution in [0.15, 0.2) is 22.0 Å². The van der Waals surface area contributed by atoms with E-state index >= 15 is 0 Å². The molecule has 2 aromatic rings. The number of hydrogen-bond acceptors (Lipinski definition) is 7. The Labute approximate surface area is 150 Å². The van der Waals surface area contributed by atoms with Crippen molar-refractivity contribution in [3.05, 3.63) is 23.4 Å². The number of amides is 1. The molecule has 7 nitrogen and oxygen atoms in total. The average molecular weight is 383 g/mol. The normalized spacial score (nSPS) is 19.1. The molecule has 0 spiro atoms. The average Bonchev–Trinajstić information content (AvgIpc) is 3.30. The number of carbonyl (C=O) groups excluding carboxylic acids is 1. The Morgan fingerprint density at radius 3 is 2.96 bits per heavy atom. The van der Waals surface area contributed by atoms with Crippen molar-refractivity contribution in [2.45, 2.75) is 32.1 Å². The highest BCUT2D eigenvalue weighted by atomic mass is 32.2. The van der Waals surface area contributed by atoms with Crippen LogP contribution in [-0.4, -0.2) is 42.5 Å². The predicted octanol–water partition coefficient (Wildman–Crippen LogP) is 2.06. The van der Waals surface area contributed by atoms with Crippen molar-refractivity contribution in [2.75, 3.05) is 18.1 Å². The fourth-order valence-electron chi connectivity index (χ4n) is 2.80. The summed E-state index contributed by atoms with van der Waals surface area (Å²) in [6.45, 7) is 0.569. The maximum atomic E-state index is 11.9. The highest BCUT2D eigenvalue weighted by Gasteiger charge is 2.32. The van der Waals surface area contributed by atoms with Gasteiger partial charge in [0.15, 0.2) is 9.84 Å². The van der Waals surface area contributed by atoms with Crippen LogP contribution in [0.2, 0.25) is 0 Å². The van der Waals surface area contributed by atoms with Gasteiger partial charge in [-0.15, -0.1) is 11.3 Å². The smallest absolute Gasteiger partial charge is 0.226 e. The number of nitrogens with zero attached hydrogens (tertiary/aromatic N) is 2. The molecule has 1 aliphatic rings. The third-order valence-electron chi connectivity index (χ3n) is 4.18. The molecule has 1 aliphatic heterocycles. The van der Waals surface area contributed by atoms with Crippen LogP contribution < -0.4 is 5.32 Å². The lowest BCUT2D eigenvalue weighted by atomic mass is 10.1. The molecule has 0 unspecified atom stereocenters. The van der Waals surface area contributed by atoms with E-state index in [0.717, 1.165) is 24.1 Å². The zero-order valence-corrected chi connectivity index (χ0v) is 15.4. The van der Waals surface area contributed by atoms with Crippen molar-refractivity contribution in [3.8, 4) is 10.7 Å². The second-order valence-corrected chi connectivity index (χ2v) is 9.37. The molecule has 0 radical (unpaired) electrons. The van der Waals surface area contributed by atoms with Gasteiger partial charge in [-0.2, -0.15) is 4.98 Å². The lowest BCUT2D eigenvalue weighted by Gasteiger charge is -2.08. The number of aryl methyl sites for hydroxylation is 1. The number of sulfone groups is 1. The van der Waals surface area contributed by atoms with Gasteiger partial charge in [-0.05, 0) is 30.7 Å². The summed E-state index contributed by atoms with van der Waals surface area (Å²) in [5, 5.41) is 8.77. The number of unbranched alkanes of at least 4 members (excludes halogenated alkanes) is 2. The summed E-state index contributed by atoms with van der Waals surface area (Å²) in [4.78, 5) is 17.3. The van der Waals surface area contributed by atoms with Gasteiger partial charge in [0.25, 0.3) is 0 Å². The van der Waals surface area contributed by atoms with Crippen molar-refractivity contribution in [1.82, 2.24) is 15.5 Å². The number of thiophene rings is 1. The van der Waals surface area contributed by atoms with E-state index in [2.05, 4.69) is 15.5 Å². The van der Waals surface area contributed by atoms with E-state index in [1.165, 1.54) is 0 Å². The van der Waals surface area contributed by atoms with Crippen LogP contribution in [0.3, 0.4) is 0 Å². The molecule has 25 heavy (non-hydrogen) atoms. The molecule has 0 bridgehead atoms. The van der Waals surface area contributed by atoms with Crippen molar-refractivity contribution in [2.24, 2.45) is 5.92 Å². The molecule has 2 aromatic heterocycles. The summed E-state index contributed by atoms with van der Waals surface area (Å²) in [5.41, 5.74) is 0. The molecule has 3 heterocycles. The molecular weight excluding hydrogens is 362 g/mol. The minimum Gasteiger partial charge on any atom is -0.356 e. The van der Waals surface area contributed by atoms with Gasteiger partial charge in [-0.25, -0.2) is 8.42 Å². The standard InChI is InChI=1S/C16H21N3O4S2/c20-16(12-7-10-25(21,22)11-12)17-8-3-1-2-6-14-18-15(19-23-14)13-5-4-9-24-13/h4-5,9,12H,1-3,6-8,10-11H2,(H,17,20)/t12-/m0/s1. The molecule has 1 fully saturated rings. The lowest BCUT2D eigenvalue weighted by molar-refractivity contribution is -0.124. The van der Waals surface area contributed by atoms with Gasteiger partial charge in [0.05, 0.1) is 22.3 Å². The first-order valence-corrected chi connectivity index (χ1v) is 11.1. The summed E-state index contributed by atoms with van der Waals surface area (Å²) in [6, 6.07) is 3.91. The van der Waals surface area contributed by atoms with Gasteiger partial charge < -0.3 is 9.84 Å². The van der Waals surface area contributed by atoms with Crippen LogP contribution in [0.5, 0.6) is 0 Å². The largest absolute Gasteiger partial charge is 0.356 e. The predicted molar refractivity (Wildman–Crippen MR) is 94.9 cm³/mol. The minimum absolute atomic E-state index is 0.0113. The number of nitrogens with one attached hydrogen (secondary N) is 1. The number of hydrogen-bond donors (Lipinski definition) is 1. The Hall–Kier alpha value is -1.74. The van der Waals surface area contributed by atoms with Crippen LogP contribution in [0, 0.1) is 5.92 Å². The number of carbonyl (C=O) groups is 1. The van der Waals surface area contributed by atoms with Gasteiger partial charge in [0.1, 0.15) is 0 Å². The number of aromatic nitrogens is 2. The molecule has 1 N–H and O–H groups in total. The third-order valence-corrected chi connectivity index (χ3v) is 6.81. The van der Waals surface area contributed by atoms with Gasteiger partial charge in [-0.3, -0.25) is 4.79 Å². The van der Waals surface area contributed by atoms with Crippen molar-refractivity contribution in [3.63, 3.8) is 0 Å². The summed E-state index contributed by atoms with van der Waals surface area (Å²) in [6.07, 6.45) is 3.84. The van der Waals surface area contributed by atoms with E-state index < -0.39 is 9.84 Å². The molecule has 0 aliphatic carbocycles. The topological polar surface area (TPSA) is 102 Å². The SMILES string of the molecule is O=C(NCCCCCc1nc(-c2cccs2)no1)[C@H]1CCS(=O)(=O)C1. The maximum absolute atomic E-state index is 11.9. The summed E-state index contributed by atoms with van der Waals surface area (Å²) in [5.74, 6) is 0.857. The molecular formula is C16H21N3O4S2. The monoisotopic (exact) mass is 383 g/mol. The lowest BCUT2D eigenvalue weighted by Crippen LogP contribution is -2.32. The van der Waals surface area contributed by atoms with Gasteiger partial charge in [0.2, 0.25) is 17.6 Å². The van der Waals surface area contributed by atoms with Crippen LogP contribution in [0.4, 0.5) is 0 Å². The van der Waals surface area contributed by atoms with E-state index in [9.17, 15) is 13.2 Å². The van der Waals surface area contributed by atoms with Crippen LogP contribution in [-0.2, 0) is 21.1 Å². The minimum atomic E-state index is -3.01. The molecule has 3 rings (SSSR count).